The summed E-state index contributed by atoms with van der Waals surface area (Å²) >= 11 is 0. The van der Waals surface area contributed by atoms with Gasteiger partial charge >= 0.3 is 0 Å². The van der Waals surface area contributed by atoms with Crippen LogP contribution >= 0.6 is 0 Å². The third-order valence-electron chi connectivity index (χ3n) is 3.34. The van der Waals surface area contributed by atoms with Gasteiger partial charge in [0.15, 0.2) is 6.29 Å². The quantitative estimate of drug-likeness (QED) is 0.838. The highest BCUT2D eigenvalue weighted by atomic mass is 16.5. The summed E-state index contributed by atoms with van der Waals surface area (Å²) in [5.41, 5.74) is 2.93. The number of fused-ring (bicyclic) bond motifs is 1. The topological polar surface area (TPSA) is 45.3 Å². The van der Waals surface area contributed by atoms with E-state index in [2.05, 4.69) is 28.1 Å². The zero-order valence-corrected chi connectivity index (χ0v) is 10.2. The van der Waals surface area contributed by atoms with Crippen LogP contribution in [0.25, 0.3) is 10.9 Å². The molecule has 1 aliphatic rings. The van der Waals surface area contributed by atoms with Crippen molar-refractivity contribution in [1.29, 1.82) is 0 Å². The van der Waals surface area contributed by atoms with Crippen molar-refractivity contribution in [2.24, 2.45) is 0 Å². The molecule has 0 aliphatic carbocycles. The molecule has 1 aromatic carbocycles. The van der Waals surface area contributed by atoms with Gasteiger partial charge in [0, 0.05) is 30.5 Å². The number of nitrogens with one attached hydrogen (secondary N) is 1. The van der Waals surface area contributed by atoms with Crippen LogP contribution < -0.4 is 0 Å². The van der Waals surface area contributed by atoms with Crippen LogP contribution in [0.1, 0.15) is 16.1 Å². The van der Waals surface area contributed by atoms with E-state index in [4.69, 9.17) is 4.74 Å². The number of morpholine rings is 1. The number of ether oxygens (including phenoxy) is 1. The maximum Gasteiger partial charge on any atom is 0.166 e. The zero-order valence-electron chi connectivity index (χ0n) is 10.2. The SMILES string of the molecule is O=Cc1cc2ccc(CN3CCOCC3)cc2[nH]1. The van der Waals surface area contributed by atoms with E-state index in [0.717, 1.165) is 50.0 Å². The molecule has 0 unspecified atom stereocenters. The smallest absolute Gasteiger partial charge is 0.166 e. The highest BCUT2D eigenvalue weighted by Crippen LogP contribution is 2.17. The molecule has 0 radical (unpaired) electrons. The van der Waals surface area contributed by atoms with E-state index in [-0.39, 0.29) is 0 Å². The first-order valence-corrected chi connectivity index (χ1v) is 6.22. The molecule has 4 nitrogen and oxygen atoms in total. The molecule has 0 spiro atoms. The molecule has 1 N–H and O–H groups in total. The average Bonchev–Trinajstić information content (AvgIpc) is 2.82. The van der Waals surface area contributed by atoms with E-state index in [0.29, 0.717) is 5.69 Å². The summed E-state index contributed by atoms with van der Waals surface area (Å²) in [6.45, 7) is 4.56. The second kappa shape index (κ2) is 4.92. The van der Waals surface area contributed by atoms with Crippen LogP contribution in [0.3, 0.4) is 0 Å². The van der Waals surface area contributed by atoms with E-state index in [1.54, 1.807) is 0 Å². The zero-order chi connectivity index (χ0) is 12.4. The fraction of sp³-hybridized carbons (Fsp3) is 0.357. The maximum atomic E-state index is 10.7. The van der Waals surface area contributed by atoms with Gasteiger partial charge in [-0.25, -0.2) is 0 Å². The van der Waals surface area contributed by atoms with Crippen LogP contribution in [0, 0.1) is 0 Å². The van der Waals surface area contributed by atoms with Crippen molar-refractivity contribution in [2.45, 2.75) is 6.54 Å². The number of aromatic amines is 1. The Kier molecular flexibility index (Phi) is 3.13. The number of hydrogen-bond donors (Lipinski definition) is 1. The van der Waals surface area contributed by atoms with Crippen molar-refractivity contribution >= 4 is 17.2 Å². The van der Waals surface area contributed by atoms with Crippen molar-refractivity contribution in [2.75, 3.05) is 26.3 Å². The predicted octanol–water partition coefficient (Wildman–Crippen LogP) is 1.81. The van der Waals surface area contributed by atoms with Gasteiger partial charge in [0.2, 0.25) is 0 Å². The lowest BCUT2D eigenvalue weighted by Crippen LogP contribution is -2.35. The molecule has 1 aromatic heterocycles. The van der Waals surface area contributed by atoms with E-state index in [1.165, 1.54) is 5.56 Å². The van der Waals surface area contributed by atoms with Crippen molar-refractivity contribution in [3.8, 4) is 0 Å². The standard InChI is InChI=1S/C14H16N2O2/c17-10-13-8-12-2-1-11(7-14(12)15-13)9-16-3-5-18-6-4-16/h1-2,7-8,10,15H,3-6,9H2. The van der Waals surface area contributed by atoms with Gasteiger partial charge in [-0.15, -0.1) is 0 Å². The van der Waals surface area contributed by atoms with E-state index >= 15 is 0 Å². The second-order valence-electron chi connectivity index (χ2n) is 4.65. The number of H-pyrrole nitrogens is 1. The molecule has 2 heterocycles. The van der Waals surface area contributed by atoms with Gasteiger partial charge in [-0.2, -0.15) is 0 Å². The number of nitrogens with zero attached hydrogens (tertiary/aromatic N) is 1. The second-order valence-corrected chi connectivity index (χ2v) is 4.65. The molecule has 2 aromatic rings. The molecule has 1 aliphatic heterocycles. The summed E-state index contributed by atoms with van der Waals surface area (Å²) in [6, 6.07) is 8.19. The van der Waals surface area contributed by atoms with Crippen molar-refractivity contribution in [1.82, 2.24) is 9.88 Å². The number of benzene rings is 1. The maximum absolute atomic E-state index is 10.7. The Balaban J connectivity index is 1.81. The van der Waals surface area contributed by atoms with Gasteiger partial charge in [0.25, 0.3) is 0 Å². The fourth-order valence-electron chi connectivity index (χ4n) is 2.38. The summed E-state index contributed by atoms with van der Waals surface area (Å²) in [7, 11) is 0. The summed E-state index contributed by atoms with van der Waals surface area (Å²) in [4.78, 5) is 16.2. The molecule has 3 rings (SSSR count). The van der Waals surface area contributed by atoms with Crippen LogP contribution in [0.2, 0.25) is 0 Å². The summed E-state index contributed by atoms with van der Waals surface area (Å²) in [5, 5.41) is 1.09. The highest BCUT2D eigenvalue weighted by molar-refractivity contribution is 5.88. The highest BCUT2D eigenvalue weighted by Gasteiger charge is 2.11. The lowest BCUT2D eigenvalue weighted by Gasteiger charge is -2.26. The number of carbonyl (C=O) groups is 1. The molecule has 4 heteroatoms. The molecule has 18 heavy (non-hydrogen) atoms. The Hall–Kier alpha value is -1.65. The van der Waals surface area contributed by atoms with E-state index in [1.807, 2.05) is 6.07 Å². The predicted molar refractivity (Wildman–Crippen MR) is 69.8 cm³/mol. The summed E-state index contributed by atoms with van der Waals surface area (Å²) in [6.07, 6.45) is 0.849. The van der Waals surface area contributed by atoms with Crippen LogP contribution in [-0.4, -0.2) is 42.5 Å². The molecular formula is C14H16N2O2. The minimum absolute atomic E-state index is 0.633. The van der Waals surface area contributed by atoms with Crippen LogP contribution in [0.4, 0.5) is 0 Å². The number of rotatable bonds is 3. The van der Waals surface area contributed by atoms with Crippen molar-refractivity contribution < 1.29 is 9.53 Å². The monoisotopic (exact) mass is 244 g/mol. The van der Waals surface area contributed by atoms with Gasteiger partial charge in [-0.3, -0.25) is 9.69 Å². The average molecular weight is 244 g/mol. The lowest BCUT2D eigenvalue weighted by atomic mass is 10.1. The van der Waals surface area contributed by atoms with Crippen molar-refractivity contribution in [3.63, 3.8) is 0 Å². The molecule has 0 bridgehead atoms. The third kappa shape index (κ3) is 2.30. The minimum Gasteiger partial charge on any atom is -0.379 e. The first-order chi connectivity index (χ1) is 8.85. The molecule has 0 amide bonds. The molecule has 1 fully saturated rings. The van der Waals surface area contributed by atoms with E-state index in [9.17, 15) is 4.79 Å². The summed E-state index contributed by atoms with van der Waals surface area (Å²) in [5.74, 6) is 0. The Morgan fingerprint density at radius 1 is 1.28 bits per heavy atom. The Bertz CT molecular complexity index is 556. The van der Waals surface area contributed by atoms with Gasteiger partial charge < -0.3 is 9.72 Å². The molecular weight excluding hydrogens is 228 g/mol. The Morgan fingerprint density at radius 3 is 2.89 bits per heavy atom. The minimum atomic E-state index is 0.633. The molecule has 0 saturated carbocycles. The first kappa shape index (κ1) is 11.4. The largest absolute Gasteiger partial charge is 0.379 e. The van der Waals surface area contributed by atoms with Gasteiger partial charge in [-0.1, -0.05) is 12.1 Å². The van der Waals surface area contributed by atoms with Crippen LogP contribution in [0.15, 0.2) is 24.3 Å². The van der Waals surface area contributed by atoms with Crippen LogP contribution in [-0.2, 0) is 11.3 Å². The normalized spacial score (nSPS) is 17.1. The number of aldehydes is 1. The lowest BCUT2D eigenvalue weighted by molar-refractivity contribution is 0.0342. The van der Waals surface area contributed by atoms with E-state index < -0.39 is 0 Å². The summed E-state index contributed by atoms with van der Waals surface area (Å²) < 4.78 is 5.34. The first-order valence-electron chi connectivity index (χ1n) is 6.22. The Morgan fingerprint density at radius 2 is 2.11 bits per heavy atom. The fourth-order valence-corrected chi connectivity index (χ4v) is 2.38. The number of hydrogen-bond acceptors (Lipinski definition) is 3. The number of carbonyl (C=O) groups excluding carboxylic acids is 1. The third-order valence-corrected chi connectivity index (χ3v) is 3.34. The van der Waals surface area contributed by atoms with Gasteiger partial charge in [-0.05, 0) is 17.7 Å². The number of aromatic nitrogens is 1. The molecule has 1 saturated heterocycles. The molecule has 94 valence electrons. The van der Waals surface area contributed by atoms with Crippen molar-refractivity contribution in [3.05, 3.63) is 35.5 Å². The van der Waals surface area contributed by atoms with Crippen LogP contribution in [0.5, 0.6) is 0 Å². The van der Waals surface area contributed by atoms with Gasteiger partial charge in [0.05, 0.1) is 18.9 Å². The van der Waals surface area contributed by atoms with Gasteiger partial charge in [0.1, 0.15) is 0 Å². The Labute approximate surface area is 106 Å². The molecule has 0 atom stereocenters.